The zero-order chi connectivity index (χ0) is 14.0. The third-order valence-corrected chi connectivity index (χ3v) is 4.06. The van der Waals surface area contributed by atoms with E-state index in [0.29, 0.717) is 8.94 Å². The molecule has 2 aromatic rings. The van der Waals surface area contributed by atoms with E-state index in [-0.39, 0.29) is 17.8 Å². The number of aromatic carboxylic acids is 1. The van der Waals surface area contributed by atoms with Crippen LogP contribution in [-0.4, -0.2) is 16.1 Å². The maximum atomic E-state index is 13.7. The molecule has 1 aromatic carbocycles. The molecule has 0 radical (unpaired) electrons. The highest BCUT2D eigenvalue weighted by molar-refractivity contribution is 9.10. The number of hydrogen-bond donors (Lipinski definition) is 2. The predicted molar refractivity (Wildman–Crippen MR) is 75.5 cm³/mol. The lowest BCUT2D eigenvalue weighted by atomic mass is 10.1. The molecule has 0 aliphatic rings. The fourth-order valence-corrected chi connectivity index (χ4v) is 2.89. The Labute approximate surface area is 125 Å². The Bertz CT molecular complexity index is 635. The number of carboxylic acid groups (broad SMARTS) is 1. The zero-order valence-electron chi connectivity index (χ0n) is 9.28. The summed E-state index contributed by atoms with van der Waals surface area (Å²) < 4.78 is 14.4. The van der Waals surface area contributed by atoms with Gasteiger partial charge in [0.1, 0.15) is 5.82 Å². The standard InChI is InChI=1S/C11H7BrClFN2O2S/c12-6-1-2-7(14)9(8(6)10(17)18)15-3-5-4-16-11(13)19-5/h1-2,4,15H,3H2,(H,17,18). The number of thiazole rings is 1. The highest BCUT2D eigenvalue weighted by atomic mass is 79.9. The van der Waals surface area contributed by atoms with Gasteiger partial charge in [0.2, 0.25) is 0 Å². The first-order valence-corrected chi connectivity index (χ1v) is 7.03. The number of aromatic nitrogens is 1. The summed E-state index contributed by atoms with van der Waals surface area (Å²) in [6.07, 6.45) is 1.55. The lowest BCUT2D eigenvalue weighted by molar-refractivity contribution is 0.0696. The molecule has 1 heterocycles. The van der Waals surface area contributed by atoms with Gasteiger partial charge in [-0.05, 0) is 28.1 Å². The van der Waals surface area contributed by atoms with Gasteiger partial charge >= 0.3 is 5.97 Å². The van der Waals surface area contributed by atoms with Gasteiger partial charge in [0.05, 0.1) is 17.8 Å². The van der Waals surface area contributed by atoms with Crippen LogP contribution in [0.5, 0.6) is 0 Å². The highest BCUT2D eigenvalue weighted by Gasteiger charge is 2.18. The summed E-state index contributed by atoms with van der Waals surface area (Å²) in [7, 11) is 0. The summed E-state index contributed by atoms with van der Waals surface area (Å²) in [4.78, 5) is 15.8. The maximum Gasteiger partial charge on any atom is 0.339 e. The highest BCUT2D eigenvalue weighted by Crippen LogP contribution is 2.29. The van der Waals surface area contributed by atoms with Crippen molar-refractivity contribution in [2.24, 2.45) is 0 Å². The van der Waals surface area contributed by atoms with Gasteiger partial charge in [-0.3, -0.25) is 0 Å². The van der Waals surface area contributed by atoms with Crippen LogP contribution in [0.3, 0.4) is 0 Å². The van der Waals surface area contributed by atoms with Crippen LogP contribution in [0.25, 0.3) is 0 Å². The zero-order valence-corrected chi connectivity index (χ0v) is 12.4. The molecule has 0 spiro atoms. The minimum Gasteiger partial charge on any atom is -0.478 e. The molecule has 1 aromatic heterocycles. The Morgan fingerprint density at radius 1 is 1.58 bits per heavy atom. The van der Waals surface area contributed by atoms with Crippen LogP contribution in [0.15, 0.2) is 22.8 Å². The Morgan fingerprint density at radius 3 is 2.89 bits per heavy atom. The second-order valence-corrected chi connectivity index (χ2v) is 6.07. The molecule has 8 heteroatoms. The predicted octanol–water partition coefficient (Wildman–Crippen LogP) is 4.01. The summed E-state index contributed by atoms with van der Waals surface area (Å²) in [5, 5.41) is 11.9. The molecule has 0 fully saturated rings. The van der Waals surface area contributed by atoms with Crippen molar-refractivity contribution in [1.29, 1.82) is 0 Å². The molecular formula is C11H7BrClFN2O2S. The van der Waals surface area contributed by atoms with Gasteiger partial charge in [0.15, 0.2) is 4.47 Å². The number of halogens is 3. The normalized spacial score (nSPS) is 10.5. The van der Waals surface area contributed by atoms with E-state index in [1.165, 1.54) is 23.5 Å². The SMILES string of the molecule is O=C(O)c1c(Br)ccc(F)c1NCc1cnc(Cl)s1. The first kappa shape index (κ1) is 14.2. The Morgan fingerprint density at radius 2 is 2.32 bits per heavy atom. The lowest BCUT2D eigenvalue weighted by Gasteiger charge is -2.11. The minimum atomic E-state index is -1.21. The molecular weight excluding hydrogens is 359 g/mol. The quantitative estimate of drug-likeness (QED) is 0.859. The molecule has 100 valence electrons. The molecule has 0 unspecified atom stereocenters. The summed E-state index contributed by atoms with van der Waals surface area (Å²) >= 11 is 10.0. The van der Waals surface area contributed by atoms with E-state index >= 15 is 0 Å². The first-order valence-electron chi connectivity index (χ1n) is 5.04. The number of nitrogens with zero attached hydrogens (tertiary/aromatic N) is 1. The second kappa shape index (κ2) is 5.85. The molecule has 0 bridgehead atoms. The molecule has 2 rings (SSSR count). The van der Waals surface area contributed by atoms with Crippen LogP contribution in [0, 0.1) is 5.82 Å². The van der Waals surface area contributed by atoms with Crippen molar-refractivity contribution < 1.29 is 14.3 Å². The fourth-order valence-electron chi connectivity index (χ4n) is 1.47. The Kier molecular flexibility index (Phi) is 4.38. The van der Waals surface area contributed by atoms with Crippen LogP contribution >= 0.6 is 38.9 Å². The van der Waals surface area contributed by atoms with Crippen LogP contribution in [0.2, 0.25) is 4.47 Å². The summed E-state index contributed by atoms with van der Waals surface area (Å²) in [5.41, 5.74) is -0.206. The molecule has 0 amide bonds. The number of hydrogen-bond acceptors (Lipinski definition) is 4. The van der Waals surface area contributed by atoms with E-state index in [4.69, 9.17) is 16.7 Å². The molecule has 2 N–H and O–H groups in total. The van der Waals surface area contributed by atoms with E-state index in [1.807, 2.05) is 0 Å². The number of anilines is 1. The third-order valence-electron chi connectivity index (χ3n) is 2.28. The van der Waals surface area contributed by atoms with Gasteiger partial charge in [-0.25, -0.2) is 14.2 Å². The molecule has 0 atom stereocenters. The van der Waals surface area contributed by atoms with E-state index in [0.717, 1.165) is 4.88 Å². The van der Waals surface area contributed by atoms with Gasteiger partial charge in [0.25, 0.3) is 0 Å². The van der Waals surface area contributed by atoms with E-state index < -0.39 is 11.8 Å². The second-order valence-electron chi connectivity index (χ2n) is 3.52. The number of carbonyl (C=O) groups is 1. The van der Waals surface area contributed by atoms with Gasteiger partial charge in [-0.2, -0.15) is 0 Å². The number of rotatable bonds is 4. The monoisotopic (exact) mass is 364 g/mol. The first-order chi connectivity index (χ1) is 8.99. The fraction of sp³-hybridized carbons (Fsp3) is 0.0909. The van der Waals surface area contributed by atoms with Crippen LogP contribution in [0.1, 0.15) is 15.2 Å². The van der Waals surface area contributed by atoms with Crippen molar-refractivity contribution >= 4 is 50.5 Å². The molecule has 0 saturated carbocycles. The van der Waals surface area contributed by atoms with Crippen LogP contribution in [0.4, 0.5) is 10.1 Å². The summed E-state index contributed by atoms with van der Waals surface area (Å²) in [6.45, 7) is 0.248. The summed E-state index contributed by atoms with van der Waals surface area (Å²) in [6, 6.07) is 2.55. The average Bonchev–Trinajstić information content (AvgIpc) is 2.75. The third kappa shape index (κ3) is 3.23. The maximum absolute atomic E-state index is 13.7. The van der Waals surface area contributed by atoms with E-state index in [2.05, 4.69) is 26.2 Å². The molecule has 0 saturated heterocycles. The lowest BCUT2D eigenvalue weighted by Crippen LogP contribution is -2.08. The molecule has 4 nitrogen and oxygen atoms in total. The van der Waals surface area contributed by atoms with Crippen molar-refractivity contribution in [2.45, 2.75) is 6.54 Å². The van der Waals surface area contributed by atoms with Gasteiger partial charge < -0.3 is 10.4 Å². The summed E-state index contributed by atoms with van der Waals surface area (Å²) in [5.74, 6) is -1.84. The van der Waals surface area contributed by atoms with Crippen molar-refractivity contribution in [3.8, 4) is 0 Å². The van der Waals surface area contributed by atoms with Crippen molar-refractivity contribution in [3.05, 3.63) is 43.5 Å². The smallest absolute Gasteiger partial charge is 0.339 e. The van der Waals surface area contributed by atoms with E-state index in [9.17, 15) is 9.18 Å². The van der Waals surface area contributed by atoms with Gasteiger partial charge in [-0.15, -0.1) is 11.3 Å². The van der Waals surface area contributed by atoms with Crippen molar-refractivity contribution in [2.75, 3.05) is 5.32 Å². The van der Waals surface area contributed by atoms with Crippen LogP contribution < -0.4 is 5.32 Å². The molecule has 19 heavy (non-hydrogen) atoms. The van der Waals surface area contributed by atoms with Crippen LogP contribution in [-0.2, 0) is 6.54 Å². The van der Waals surface area contributed by atoms with E-state index in [1.54, 1.807) is 6.20 Å². The number of nitrogens with one attached hydrogen (secondary N) is 1. The van der Waals surface area contributed by atoms with Gasteiger partial charge in [-0.1, -0.05) is 11.6 Å². The number of carboxylic acids is 1. The Balaban J connectivity index is 2.28. The topological polar surface area (TPSA) is 62.2 Å². The largest absolute Gasteiger partial charge is 0.478 e. The molecule has 0 aliphatic carbocycles. The average molecular weight is 366 g/mol. The minimum absolute atomic E-state index is 0.0635. The number of benzene rings is 1. The van der Waals surface area contributed by atoms with Gasteiger partial charge in [0, 0.05) is 15.5 Å². The Hall–Kier alpha value is -1.18. The molecule has 0 aliphatic heterocycles. The van der Waals surface area contributed by atoms with Crippen molar-refractivity contribution in [1.82, 2.24) is 4.98 Å². The van der Waals surface area contributed by atoms with Crippen molar-refractivity contribution in [3.63, 3.8) is 0 Å².